The SMILES string of the molecule is [2H]C([2H])([2H])c1ccc(-c2[c-]cccc2)nc1.[Ir].[c-]1sc2ccc(-c3ccc4ccc5ccccc5c4c3)cc2c1-c1nc2ccccc2n1-c1ccc(-c2ccccc2)cc1. The van der Waals surface area contributed by atoms with E-state index in [2.05, 4.69) is 173 Å². The van der Waals surface area contributed by atoms with Gasteiger partial charge in [0.2, 0.25) is 0 Å². The van der Waals surface area contributed by atoms with E-state index in [1.807, 2.05) is 18.2 Å². The second kappa shape index (κ2) is 16.2. The molecule has 0 N–H and O–H groups in total. The fraction of sp³-hybridized carbons (Fsp3) is 0.0189. The van der Waals surface area contributed by atoms with Crippen molar-refractivity contribution < 1.29 is 24.2 Å². The first-order valence-electron chi connectivity index (χ1n) is 20.3. The summed E-state index contributed by atoms with van der Waals surface area (Å²) in [5.41, 5.74) is 10.8. The van der Waals surface area contributed by atoms with Crippen LogP contribution in [0, 0.1) is 18.3 Å². The molecule has 0 aliphatic rings. The first-order valence-corrected chi connectivity index (χ1v) is 19.6. The number of aryl methyl sites for hydroxylation is 1. The van der Waals surface area contributed by atoms with Crippen molar-refractivity contribution in [1.29, 1.82) is 0 Å². The Labute approximate surface area is 359 Å². The third kappa shape index (κ3) is 7.17. The molecule has 0 amide bonds. The number of hydrogen-bond acceptors (Lipinski definition) is 3. The molecule has 3 aromatic heterocycles. The minimum atomic E-state index is -2.09. The number of thiophene rings is 1. The molecule has 0 saturated carbocycles. The minimum absolute atomic E-state index is 0. The molecule has 0 bridgehead atoms. The standard InChI is InChI=1S/C41H25N2S.C12H10N.Ir/c1-2-8-27(9-3-1)28-18-21-33(22-19-28)43-39-13-7-6-12-38(39)42-41(43)37-26-44-40-23-20-32(25-36(37)40)31-17-16-30-15-14-29-10-4-5-11-34(29)35(30)24-31;1-10-7-8-12(13-9-10)11-5-3-2-4-6-11;/h1-25H;2-5,7-9H,1H3;/q2*-1;/i;1D3;. The number of hydrogen-bond donors (Lipinski definition) is 0. The van der Waals surface area contributed by atoms with Gasteiger partial charge in [-0.3, -0.25) is 16.3 Å². The van der Waals surface area contributed by atoms with Crippen molar-refractivity contribution in [3.8, 4) is 50.6 Å². The van der Waals surface area contributed by atoms with E-state index in [0.717, 1.165) is 39.4 Å². The maximum absolute atomic E-state index is 7.23. The molecule has 279 valence electrons. The zero-order valence-corrected chi connectivity index (χ0v) is 34.3. The first-order chi connectivity index (χ1) is 29.4. The Morgan fingerprint density at radius 1 is 0.586 bits per heavy atom. The summed E-state index contributed by atoms with van der Waals surface area (Å²) in [5.74, 6) is 0.909. The van der Waals surface area contributed by atoms with Gasteiger partial charge in [-0.05, 0) is 92.2 Å². The number of nitrogens with zero attached hydrogens (tertiary/aromatic N) is 3. The Balaban J connectivity index is 0.000000237. The Morgan fingerprint density at radius 2 is 1.28 bits per heavy atom. The van der Waals surface area contributed by atoms with Crippen LogP contribution in [0.1, 0.15) is 9.68 Å². The molecular formula is C53H35IrN3S-2. The van der Waals surface area contributed by atoms with Crippen molar-refractivity contribution in [2.24, 2.45) is 0 Å². The third-order valence-electron chi connectivity index (χ3n) is 10.4. The number of pyridine rings is 1. The zero-order valence-electron chi connectivity index (χ0n) is 34.1. The van der Waals surface area contributed by atoms with Gasteiger partial charge in [0, 0.05) is 36.1 Å². The molecule has 0 aliphatic carbocycles. The van der Waals surface area contributed by atoms with Crippen LogP contribution in [0.4, 0.5) is 0 Å². The van der Waals surface area contributed by atoms with Gasteiger partial charge >= 0.3 is 0 Å². The van der Waals surface area contributed by atoms with Gasteiger partial charge in [0.05, 0.1) is 16.9 Å². The molecule has 0 aliphatic heterocycles. The quantitative estimate of drug-likeness (QED) is 0.127. The van der Waals surface area contributed by atoms with Crippen LogP contribution >= 0.6 is 11.3 Å². The van der Waals surface area contributed by atoms with Gasteiger partial charge in [-0.1, -0.05) is 149 Å². The van der Waals surface area contributed by atoms with Crippen molar-refractivity contribution in [3.05, 3.63) is 211 Å². The summed E-state index contributed by atoms with van der Waals surface area (Å²) >= 11 is 1.65. The largest absolute Gasteiger partial charge is 0.333 e. The average Bonchev–Trinajstić information content (AvgIpc) is 3.91. The summed E-state index contributed by atoms with van der Waals surface area (Å²) in [6, 6.07) is 68.1. The second-order valence-electron chi connectivity index (χ2n) is 13.9. The monoisotopic (exact) mass is 941 g/mol. The van der Waals surface area contributed by atoms with E-state index in [1.54, 1.807) is 29.5 Å². The molecule has 0 atom stereocenters. The maximum atomic E-state index is 7.23. The Bertz CT molecular complexity index is 3290. The molecule has 3 heterocycles. The van der Waals surface area contributed by atoms with Gasteiger partial charge in [-0.25, -0.2) is 0 Å². The van der Waals surface area contributed by atoms with E-state index in [9.17, 15) is 0 Å². The molecular weight excluding hydrogens is 903 g/mol. The average molecular weight is 941 g/mol. The zero-order chi connectivity index (χ0) is 40.6. The third-order valence-corrected chi connectivity index (χ3v) is 11.2. The van der Waals surface area contributed by atoms with Gasteiger partial charge in [0.15, 0.2) is 0 Å². The Morgan fingerprint density at radius 3 is 2.07 bits per heavy atom. The van der Waals surface area contributed by atoms with E-state index in [0.29, 0.717) is 0 Å². The molecule has 0 spiro atoms. The number of benzene rings is 8. The van der Waals surface area contributed by atoms with E-state index in [4.69, 9.17) is 9.10 Å². The normalized spacial score (nSPS) is 12.0. The molecule has 8 aromatic carbocycles. The number of fused-ring (bicyclic) bond motifs is 5. The molecule has 3 nitrogen and oxygen atoms in total. The van der Waals surface area contributed by atoms with Crippen LogP contribution in [0.3, 0.4) is 0 Å². The topological polar surface area (TPSA) is 30.7 Å². The van der Waals surface area contributed by atoms with Gasteiger partial charge in [-0.15, -0.1) is 41.3 Å². The summed E-state index contributed by atoms with van der Waals surface area (Å²) in [5, 5.41) is 9.87. The van der Waals surface area contributed by atoms with Crippen LogP contribution < -0.4 is 0 Å². The van der Waals surface area contributed by atoms with Gasteiger partial charge in [0.1, 0.15) is 0 Å². The molecule has 11 rings (SSSR count). The van der Waals surface area contributed by atoms with Crippen LogP contribution in [-0.2, 0) is 20.1 Å². The second-order valence-corrected chi connectivity index (χ2v) is 14.7. The predicted octanol–water partition coefficient (Wildman–Crippen LogP) is 14.2. The molecule has 0 unspecified atom stereocenters. The summed E-state index contributed by atoms with van der Waals surface area (Å²) in [4.78, 5) is 9.30. The maximum Gasteiger partial charge on any atom is 0.0774 e. The molecule has 1 radical (unpaired) electrons. The van der Waals surface area contributed by atoms with Crippen molar-refractivity contribution in [2.75, 3.05) is 0 Å². The van der Waals surface area contributed by atoms with Crippen LogP contribution in [0.25, 0.3) is 93.3 Å². The number of imidazole rings is 1. The number of aromatic nitrogens is 3. The van der Waals surface area contributed by atoms with Crippen LogP contribution in [0.15, 0.2) is 194 Å². The van der Waals surface area contributed by atoms with Crippen molar-refractivity contribution in [1.82, 2.24) is 14.5 Å². The van der Waals surface area contributed by atoms with E-state index in [1.165, 1.54) is 60.1 Å². The van der Waals surface area contributed by atoms with Gasteiger partial charge < -0.3 is 9.55 Å². The van der Waals surface area contributed by atoms with E-state index >= 15 is 0 Å². The number of para-hydroxylation sites is 2. The van der Waals surface area contributed by atoms with Crippen molar-refractivity contribution in [3.63, 3.8) is 0 Å². The van der Waals surface area contributed by atoms with Crippen LogP contribution in [-0.4, -0.2) is 14.5 Å². The van der Waals surface area contributed by atoms with Crippen molar-refractivity contribution in [2.45, 2.75) is 6.85 Å². The first kappa shape index (κ1) is 33.6. The summed E-state index contributed by atoms with van der Waals surface area (Å²) in [7, 11) is 0. The predicted molar refractivity (Wildman–Crippen MR) is 240 cm³/mol. The number of rotatable bonds is 5. The molecule has 58 heavy (non-hydrogen) atoms. The fourth-order valence-electron chi connectivity index (χ4n) is 7.50. The fourth-order valence-corrected chi connectivity index (χ4v) is 8.32. The van der Waals surface area contributed by atoms with E-state index < -0.39 is 6.85 Å². The Kier molecular flexibility index (Phi) is 9.37. The molecule has 0 fully saturated rings. The van der Waals surface area contributed by atoms with Gasteiger partial charge in [0.25, 0.3) is 0 Å². The van der Waals surface area contributed by atoms with Crippen LogP contribution in [0.2, 0.25) is 0 Å². The van der Waals surface area contributed by atoms with Crippen molar-refractivity contribution >= 4 is 54.0 Å². The van der Waals surface area contributed by atoms with Crippen LogP contribution in [0.5, 0.6) is 0 Å². The molecule has 0 saturated heterocycles. The van der Waals surface area contributed by atoms with Gasteiger partial charge in [-0.2, -0.15) is 0 Å². The summed E-state index contributed by atoms with van der Waals surface area (Å²) in [6.45, 7) is -2.09. The minimum Gasteiger partial charge on any atom is -0.333 e. The summed E-state index contributed by atoms with van der Waals surface area (Å²) < 4.78 is 25.2. The smallest absolute Gasteiger partial charge is 0.0774 e. The Hall–Kier alpha value is -6.49. The van der Waals surface area contributed by atoms with E-state index in [-0.39, 0.29) is 25.7 Å². The molecule has 5 heteroatoms. The molecule has 11 aromatic rings. The summed E-state index contributed by atoms with van der Waals surface area (Å²) in [6.07, 6.45) is 1.39.